The molecule has 10 heteroatoms. The molecule has 1 aromatic carbocycles. The van der Waals surface area contributed by atoms with E-state index in [0.717, 1.165) is 48.6 Å². The van der Waals surface area contributed by atoms with Crippen LogP contribution in [-0.2, 0) is 0 Å². The molecule has 1 saturated heterocycles. The van der Waals surface area contributed by atoms with E-state index in [1.54, 1.807) is 30.7 Å². The summed E-state index contributed by atoms with van der Waals surface area (Å²) < 4.78 is 41.0. The van der Waals surface area contributed by atoms with E-state index < -0.39 is 6.36 Å². The lowest BCUT2D eigenvalue weighted by Crippen LogP contribution is -2.46. The van der Waals surface area contributed by atoms with Gasteiger partial charge in [-0.3, -0.25) is 4.98 Å². The molecule has 0 unspecified atom stereocenters. The van der Waals surface area contributed by atoms with Crippen LogP contribution in [-0.4, -0.2) is 40.6 Å². The summed E-state index contributed by atoms with van der Waals surface area (Å²) >= 11 is 5.40. The second-order valence-corrected chi connectivity index (χ2v) is 7.98. The van der Waals surface area contributed by atoms with Gasteiger partial charge in [-0.05, 0) is 72.6 Å². The fraction of sp³-hybridized carbons (Fsp3) is 0.261. The number of hydrogen-bond acceptors (Lipinski definition) is 5. The molecular weight excluding hydrogens is 451 g/mol. The highest BCUT2D eigenvalue weighted by molar-refractivity contribution is 7.80. The zero-order chi connectivity index (χ0) is 23.3. The van der Waals surface area contributed by atoms with Crippen LogP contribution in [0.25, 0.3) is 11.1 Å². The fourth-order valence-electron chi connectivity index (χ4n) is 3.66. The first-order chi connectivity index (χ1) is 15.9. The van der Waals surface area contributed by atoms with Crippen molar-refractivity contribution >= 4 is 28.8 Å². The van der Waals surface area contributed by atoms with Gasteiger partial charge in [-0.2, -0.15) is 0 Å². The van der Waals surface area contributed by atoms with Gasteiger partial charge in [0.1, 0.15) is 11.6 Å². The molecule has 1 fully saturated rings. The second kappa shape index (κ2) is 10.0. The Morgan fingerprint density at radius 1 is 1.03 bits per heavy atom. The van der Waals surface area contributed by atoms with Gasteiger partial charge in [-0.25, -0.2) is 4.98 Å². The van der Waals surface area contributed by atoms with Crippen molar-refractivity contribution in [2.75, 3.05) is 23.3 Å². The van der Waals surface area contributed by atoms with Gasteiger partial charge in [0.25, 0.3) is 0 Å². The number of benzene rings is 1. The average molecular weight is 474 g/mol. The van der Waals surface area contributed by atoms with Crippen LogP contribution >= 0.6 is 12.2 Å². The first-order valence-electron chi connectivity index (χ1n) is 10.4. The molecule has 1 aliphatic rings. The quantitative estimate of drug-likeness (QED) is 0.506. The van der Waals surface area contributed by atoms with Gasteiger partial charge in [-0.1, -0.05) is 12.1 Å². The first-order valence-corrected chi connectivity index (χ1v) is 10.8. The number of piperidine rings is 1. The first kappa shape index (κ1) is 22.8. The number of nitrogens with one attached hydrogen (secondary N) is 2. The predicted molar refractivity (Wildman–Crippen MR) is 125 cm³/mol. The summed E-state index contributed by atoms with van der Waals surface area (Å²) in [5.41, 5.74) is 2.50. The Bertz CT molecular complexity index is 1070. The Morgan fingerprint density at radius 2 is 1.79 bits per heavy atom. The summed E-state index contributed by atoms with van der Waals surface area (Å²) in [6.07, 6.45) is 2.21. The van der Waals surface area contributed by atoms with Crippen molar-refractivity contribution in [3.05, 3.63) is 67.1 Å². The molecular formula is C23H22F3N5OS. The molecule has 0 amide bonds. The van der Waals surface area contributed by atoms with Crippen LogP contribution in [0.2, 0.25) is 0 Å². The molecule has 1 aliphatic heterocycles. The van der Waals surface area contributed by atoms with E-state index in [1.165, 1.54) is 12.1 Å². The van der Waals surface area contributed by atoms with Gasteiger partial charge >= 0.3 is 6.36 Å². The molecule has 4 rings (SSSR count). The Labute approximate surface area is 194 Å². The van der Waals surface area contributed by atoms with E-state index in [-0.39, 0.29) is 11.8 Å². The van der Waals surface area contributed by atoms with Gasteiger partial charge in [0.2, 0.25) is 0 Å². The highest BCUT2D eigenvalue weighted by atomic mass is 32.1. The lowest BCUT2D eigenvalue weighted by Gasteiger charge is -2.33. The number of halogens is 3. The smallest absolute Gasteiger partial charge is 0.406 e. The lowest BCUT2D eigenvalue weighted by molar-refractivity contribution is -0.274. The topological polar surface area (TPSA) is 62.3 Å². The number of thiocarbonyl (C=S) groups is 1. The zero-order valence-corrected chi connectivity index (χ0v) is 18.4. The molecule has 0 spiro atoms. The normalized spacial score (nSPS) is 14.6. The maximum absolute atomic E-state index is 12.4. The molecule has 0 saturated carbocycles. The number of pyridine rings is 2. The molecule has 0 aliphatic carbocycles. The number of anilines is 2. The summed E-state index contributed by atoms with van der Waals surface area (Å²) in [7, 11) is 0. The van der Waals surface area contributed by atoms with Crippen LogP contribution in [0.15, 0.2) is 67.1 Å². The lowest BCUT2D eigenvalue weighted by atomic mass is 10.0. The van der Waals surface area contributed by atoms with E-state index >= 15 is 0 Å². The zero-order valence-electron chi connectivity index (χ0n) is 17.5. The molecule has 172 valence electrons. The van der Waals surface area contributed by atoms with E-state index in [0.29, 0.717) is 5.11 Å². The largest absolute Gasteiger partial charge is 0.573 e. The van der Waals surface area contributed by atoms with Crippen LogP contribution in [0.3, 0.4) is 0 Å². The molecule has 6 nitrogen and oxygen atoms in total. The van der Waals surface area contributed by atoms with Gasteiger partial charge < -0.3 is 20.3 Å². The number of hydrogen-bond donors (Lipinski definition) is 2. The minimum Gasteiger partial charge on any atom is -0.406 e. The molecule has 0 radical (unpaired) electrons. The minimum absolute atomic E-state index is 0.244. The van der Waals surface area contributed by atoms with Crippen molar-refractivity contribution in [3.63, 3.8) is 0 Å². The summed E-state index contributed by atoms with van der Waals surface area (Å²) in [6, 6.07) is 13.6. The molecule has 2 N–H and O–H groups in total. The monoisotopic (exact) mass is 473 g/mol. The summed E-state index contributed by atoms with van der Waals surface area (Å²) in [5, 5.41) is 7.06. The second-order valence-electron chi connectivity index (χ2n) is 7.58. The van der Waals surface area contributed by atoms with Crippen LogP contribution in [0.4, 0.5) is 24.7 Å². The number of ether oxygens (including phenoxy) is 1. The third kappa shape index (κ3) is 6.55. The Kier molecular flexibility index (Phi) is 6.93. The molecule has 3 aromatic rings. The van der Waals surface area contributed by atoms with E-state index in [4.69, 9.17) is 12.2 Å². The van der Waals surface area contributed by atoms with E-state index in [1.807, 2.05) is 24.3 Å². The number of rotatable bonds is 5. The van der Waals surface area contributed by atoms with Crippen molar-refractivity contribution in [3.8, 4) is 16.9 Å². The average Bonchev–Trinajstić information content (AvgIpc) is 2.80. The third-order valence-electron chi connectivity index (χ3n) is 5.24. The van der Waals surface area contributed by atoms with Crippen LogP contribution in [0, 0.1) is 0 Å². The maximum atomic E-state index is 12.4. The predicted octanol–water partition coefficient (Wildman–Crippen LogP) is 5.00. The summed E-state index contributed by atoms with van der Waals surface area (Å²) in [6.45, 7) is 1.62. The van der Waals surface area contributed by atoms with Gasteiger partial charge in [0.05, 0.1) is 11.9 Å². The highest BCUT2D eigenvalue weighted by Crippen LogP contribution is 2.28. The maximum Gasteiger partial charge on any atom is 0.573 e. The Morgan fingerprint density at radius 3 is 2.45 bits per heavy atom. The number of nitrogens with zero attached hydrogens (tertiary/aromatic N) is 3. The number of alkyl halides is 3. The summed E-state index contributed by atoms with van der Waals surface area (Å²) in [5.74, 6) is 0.587. The SMILES string of the molecule is FC(F)(F)Oc1ccc(-c2ccnc(N3CCC(NC(=S)Nc4cccnc4)CC3)c2)cc1. The third-order valence-corrected chi connectivity index (χ3v) is 5.46. The van der Waals surface area contributed by atoms with Crippen LogP contribution in [0.1, 0.15) is 12.8 Å². The molecule has 33 heavy (non-hydrogen) atoms. The standard InChI is InChI=1S/C23H22F3N5OS/c24-23(25,26)32-20-5-3-16(4-6-20)17-7-11-28-21(14-17)31-12-8-18(9-13-31)29-22(33)30-19-2-1-10-27-15-19/h1-7,10-11,14-15,18H,8-9,12-13H2,(H2,29,30,33). The molecule has 3 heterocycles. The van der Waals surface area contributed by atoms with Gasteiger partial charge in [0.15, 0.2) is 5.11 Å². The van der Waals surface area contributed by atoms with Crippen LogP contribution < -0.4 is 20.3 Å². The molecule has 2 aromatic heterocycles. The Balaban J connectivity index is 1.33. The number of aromatic nitrogens is 2. The van der Waals surface area contributed by atoms with Crippen molar-refractivity contribution in [2.24, 2.45) is 0 Å². The van der Waals surface area contributed by atoms with E-state index in [9.17, 15) is 13.2 Å². The van der Waals surface area contributed by atoms with Crippen molar-refractivity contribution in [1.82, 2.24) is 15.3 Å². The van der Waals surface area contributed by atoms with Crippen LogP contribution in [0.5, 0.6) is 5.75 Å². The molecule has 0 atom stereocenters. The van der Waals surface area contributed by atoms with Gasteiger partial charge in [0, 0.05) is 31.5 Å². The molecule has 0 bridgehead atoms. The highest BCUT2D eigenvalue weighted by Gasteiger charge is 2.31. The van der Waals surface area contributed by atoms with E-state index in [2.05, 4.69) is 30.2 Å². The Hall–Kier alpha value is -3.40. The minimum atomic E-state index is -4.70. The van der Waals surface area contributed by atoms with Crippen molar-refractivity contribution in [2.45, 2.75) is 25.2 Å². The van der Waals surface area contributed by atoms with Gasteiger partial charge in [-0.15, -0.1) is 13.2 Å². The summed E-state index contributed by atoms with van der Waals surface area (Å²) in [4.78, 5) is 10.7. The van der Waals surface area contributed by atoms with Crippen molar-refractivity contribution < 1.29 is 17.9 Å². The van der Waals surface area contributed by atoms with Crippen molar-refractivity contribution in [1.29, 1.82) is 0 Å². The fourth-order valence-corrected chi connectivity index (χ4v) is 3.95.